The van der Waals surface area contributed by atoms with Crippen molar-refractivity contribution in [1.29, 1.82) is 0 Å². The molecule has 24 heavy (non-hydrogen) atoms. The number of rotatable bonds is 6. The Bertz CT molecular complexity index is 765. The van der Waals surface area contributed by atoms with Gasteiger partial charge in [0.05, 0.1) is 23.7 Å². The molecule has 0 saturated heterocycles. The van der Waals surface area contributed by atoms with Gasteiger partial charge < -0.3 is 10.4 Å². The van der Waals surface area contributed by atoms with Crippen molar-refractivity contribution in [3.05, 3.63) is 52.3 Å². The van der Waals surface area contributed by atoms with Gasteiger partial charge in [0.1, 0.15) is 0 Å². The standard InChI is InChI=1S/C18H23N3O3/c1-5-15(17-11(2)20-21(4)12(17)3)19-16(22)10-13-7-6-8-14(9-13)18(23)24/h6-9,15H,5,10H2,1-4H3,(H,19,22)(H,23,24). The van der Waals surface area contributed by atoms with Crippen LogP contribution in [0.5, 0.6) is 0 Å². The minimum Gasteiger partial charge on any atom is -0.478 e. The first-order valence-corrected chi connectivity index (χ1v) is 7.95. The summed E-state index contributed by atoms with van der Waals surface area (Å²) in [4.78, 5) is 23.4. The van der Waals surface area contributed by atoms with Gasteiger partial charge in [-0.1, -0.05) is 19.1 Å². The smallest absolute Gasteiger partial charge is 0.335 e. The van der Waals surface area contributed by atoms with Crippen LogP contribution in [0.25, 0.3) is 0 Å². The molecule has 2 rings (SSSR count). The Balaban J connectivity index is 2.13. The highest BCUT2D eigenvalue weighted by molar-refractivity contribution is 5.88. The van der Waals surface area contributed by atoms with E-state index in [4.69, 9.17) is 5.11 Å². The highest BCUT2D eigenvalue weighted by Crippen LogP contribution is 2.23. The lowest BCUT2D eigenvalue weighted by Crippen LogP contribution is -2.30. The summed E-state index contributed by atoms with van der Waals surface area (Å²) < 4.78 is 1.82. The number of aromatic carboxylic acids is 1. The van der Waals surface area contributed by atoms with Crippen LogP contribution in [-0.2, 0) is 18.3 Å². The van der Waals surface area contributed by atoms with Crippen LogP contribution in [0.2, 0.25) is 0 Å². The Hall–Kier alpha value is -2.63. The van der Waals surface area contributed by atoms with Crippen LogP contribution in [0, 0.1) is 13.8 Å². The SMILES string of the molecule is CCC(NC(=O)Cc1cccc(C(=O)O)c1)c1c(C)nn(C)c1C. The van der Waals surface area contributed by atoms with E-state index in [1.165, 1.54) is 12.1 Å². The van der Waals surface area contributed by atoms with Gasteiger partial charge in [0, 0.05) is 18.3 Å². The Morgan fingerprint density at radius 2 is 2.04 bits per heavy atom. The maximum atomic E-state index is 12.4. The third-order valence-electron chi connectivity index (χ3n) is 4.20. The van der Waals surface area contributed by atoms with Crippen LogP contribution in [0.1, 0.15) is 52.3 Å². The molecule has 128 valence electrons. The number of benzene rings is 1. The Labute approximate surface area is 141 Å². The fraction of sp³-hybridized carbons (Fsp3) is 0.389. The number of hydrogen-bond donors (Lipinski definition) is 2. The van der Waals surface area contributed by atoms with E-state index >= 15 is 0 Å². The molecular formula is C18H23N3O3. The number of carbonyl (C=O) groups excluding carboxylic acids is 1. The minimum atomic E-state index is -0.995. The van der Waals surface area contributed by atoms with Gasteiger partial charge in [-0.15, -0.1) is 0 Å². The zero-order chi connectivity index (χ0) is 17.9. The van der Waals surface area contributed by atoms with Crippen molar-refractivity contribution >= 4 is 11.9 Å². The molecule has 0 spiro atoms. The second-order valence-corrected chi connectivity index (χ2v) is 5.92. The quantitative estimate of drug-likeness (QED) is 0.853. The predicted molar refractivity (Wildman–Crippen MR) is 91.0 cm³/mol. The van der Waals surface area contributed by atoms with Gasteiger partial charge in [-0.3, -0.25) is 9.48 Å². The van der Waals surface area contributed by atoms with Crippen molar-refractivity contribution < 1.29 is 14.7 Å². The number of aromatic nitrogens is 2. The first-order chi connectivity index (χ1) is 11.3. The molecule has 1 heterocycles. The number of carbonyl (C=O) groups is 2. The number of aryl methyl sites for hydroxylation is 2. The number of nitrogens with zero attached hydrogens (tertiary/aromatic N) is 2. The van der Waals surface area contributed by atoms with Gasteiger partial charge in [-0.05, 0) is 38.0 Å². The first kappa shape index (κ1) is 17.7. The fourth-order valence-electron chi connectivity index (χ4n) is 2.92. The van der Waals surface area contributed by atoms with E-state index in [9.17, 15) is 9.59 Å². The molecule has 6 heteroatoms. The zero-order valence-corrected chi connectivity index (χ0v) is 14.5. The van der Waals surface area contributed by atoms with Crippen LogP contribution in [-0.4, -0.2) is 26.8 Å². The van der Waals surface area contributed by atoms with E-state index in [1.54, 1.807) is 12.1 Å². The molecule has 2 N–H and O–H groups in total. The molecule has 1 unspecified atom stereocenters. The van der Waals surface area contributed by atoms with Crippen molar-refractivity contribution in [1.82, 2.24) is 15.1 Å². The zero-order valence-electron chi connectivity index (χ0n) is 14.5. The van der Waals surface area contributed by atoms with Gasteiger partial charge in [-0.2, -0.15) is 5.10 Å². The summed E-state index contributed by atoms with van der Waals surface area (Å²) in [7, 11) is 1.89. The molecule has 0 aliphatic rings. The second-order valence-electron chi connectivity index (χ2n) is 5.92. The normalized spacial score (nSPS) is 12.0. The van der Waals surface area contributed by atoms with Gasteiger partial charge in [0.2, 0.25) is 5.91 Å². The topological polar surface area (TPSA) is 84.2 Å². The lowest BCUT2D eigenvalue weighted by Gasteiger charge is -2.18. The second kappa shape index (κ2) is 7.29. The van der Waals surface area contributed by atoms with Crippen molar-refractivity contribution in [2.45, 2.75) is 39.7 Å². The molecule has 0 bridgehead atoms. The summed E-state index contributed by atoms with van der Waals surface area (Å²) in [5.74, 6) is -1.13. The van der Waals surface area contributed by atoms with E-state index < -0.39 is 5.97 Å². The van der Waals surface area contributed by atoms with Crippen molar-refractivity contribution in [2.75, 3.05) is 0 Å². The number of nitrogens with one attached hydrogen (secondary N) is 1. The van der Waals surface area contributed by atoms with Crippen molar-refractivity contribution in [3.63, 3.8) is 0 Å². The highest BCUT2D eigenvalue weighted by atomic mass is 16.4. The maximum absolute atomic E-state index is 12.4. The van der Waals surface area contributed by atoms with Crippen LogP contribution < -0.4 is 5.32 Å². The molecule has 0 radical (unpaired) electrons. The number of amides is 1. The van der Waals surface area contributed by atoms with Gasteiger partial charge in [0.15, 0.2) is 0 Å². The van der Waals surface area contributed by atoms with E-state index in [-0.39, 0.29) is 23.9 Å². The monoisotopic (exact) mass is 329 g/mol. The summed E-state index contributed by atoms with van der Waals surface area (Å²) in [6.45, 7) is 5.94. The number of hydrogen-bond acceptors (Lipinski definition) is 3. The van der Waals surface area contributed by atoms with Crippen LogP contribution >= 0.6 is 0 Å². The van der Waals surface area contributed by atoms with Crippen LogP contribution in [0.4, 0.5) is 0 Å². The lowest BCUT2D eigenvalue weighted by molar-refractivity contribution is -0.121. The Kier molecular flexibility index (Phi) is 5.39. The van der Waals surface area contributed by atoms with E-state index in [2.05, 4.69) is 10.4 Å². The van der Waals surface area contributed by atoms with Crippen molar-refractivity contribution in [2.24, 2.45) is 7.05 Å². The number of carboxylic acids is 1. The maximum Gasteiger partial charge on any atom is 0.335 e. The molecule has 1 atom stereocenters. The van der Waals surface area contributed by atoms with Gasteiger partial charge >= 0.3 is 5.97 Å². The third-order valence-corrected chi connectivity index (χ3v) is 4.20. The largest absolute Gasteiger partial charge is 0.478 e. The minimum absolute atomic E-state index is 0.103. The summed E-state index contributed by atoms with van der Waals surface area (Å²) >= 11 is 0. The molecular weight excluding hydrogens is 306 g/mol. The average molecular weight is 329 g/mol. The molecule has 0 fully saturated rings. The van der Waals surface area contributed by atoms with E-state index in [0.29, 0.717) is 5.56 Å². The highest BCUT2D eigenvalue weighted by Gasteiger charge is 2.20. The fourth-order valence-corrected chi connectivity index (χ4v) is 2.92. The summed E-state index contributed by atoms with van der Waals surface area (Å²) in [6, 6.07) is 6.35. The molecule has 2 aromatic rings. The molecule has 1 aromatic carbocycles. The predicted octanol–water partition coefficient (Wildman–Crippen LogP) is 2.55. The molecule has 0 saturated carbocycles. The number of carboxylic acid groups (broad SMARTS) is 1. The van der Waals surface area contributed by atoms with E-state index in [0.717, 1.165) is 23.4 Å². The van der Waals surface area contributed by atoms with Crippen LogP contribution in [0.15, 0.2) is 24.3 Å². The summed E-state index contributed by atoms with van der Waals surface area (Å²) in [5, 5.41) is 16.5. The molecule has 1 aromatic heterocycles. The average Bonchev–Trinajstić information content (AvgIpc) is 2.78. The molecule has 6 nitrogen and oxygen atoms in total. The lowest BCUT2D eigenvalue weighted by atomic mass is 10.0. The van der Waals surface area contributed by atoms with Crippen LogP contribution in [0.3, 0.4) is 0 Å². The molecule has 0 aliphatic carbocycles. The molecule has 1 amide bonds. The third kappa shape index (κ3) is 3.82. The van der Waals surface area contributed by atoms with Gasteiger partial charge in [0.25, 0.3) is 0 Å². The van der Waals surface area contributed by atoms with Gasteiger partial charge in [-0.25, -0.2) is 4.79 Å². The van der Waals surface area contributed by atoms with E-state index in [1.807, 2.05) is 32.5 Å². The molecule has 0 aliphatic heterocycles. The first-order valence-electron chi connectivity index (χ1n) is 7.95. The van der Waals surface area contributed by atoms with Crippen molar-refractivity contribution in [3.8, 4) is 0 Å². The Morgan fingerprint density at radius 1 is 1.33 bits per heavy atom. The summed E-state index contributed by atoms with van der Waals surface area (Å²) in [6.07, 6.45) is 0.907. The Morgan fingerprint density at radius 3 is 2.58 bits per heavy atom. The summed E-state index contributed by atoms with van der Waals surface area (Å²) in [5.41, 5.74) is 3.86.